The summed E-state index contributed by atoms with van der Waals surface area (Å²) >= 11 is 0. The maximum absolute atomic E-state index is 9.53. The fourth-order valence-corrected chi connectivity index (χ4v) is 1.51. The second kappa shape index (κ2) is 5.01. The fraction of sp³-hybridized carbons (Fsp3) is 1.00. The monoisotopic (exact) mass is 208 g/mol. The molecule has 3 N–H and O–H groups in total. The van der Waals surface area contributed by atoms with Gasteiger partial charge in [-0.2, -0.15) is 0 Å². The third kappa shape index (κ3) is 2.22. The first kappa shape index (κ1) is 11.8. The van der Waals surface area contributed by atoms with Gasteiger partial charge in [0.25, 0.3) is 0 Å². The van der Waals surface area contributed by atoms with E-state index < -0.39 is 30.7 Å². The summed E-state index contributed by atoms with van der Waals surface area (Å²) in [5.74, 6) is 0. The number of hydrogen-bond donors (Lipinski definition) is 3. The molecule has 0 spiro atoms. The zero-order valence-corrected chi connectivity index (χ0v) is 8.16. The normalized spacial score (nSPS) is 43.9. The number of rotatable bonds is 3. The van der Waals surface area contributed by atoms with E-state index in [2.05, 4.69) is 0 Å². The first-order valence-electron chi connectivity index (χ1n) is 4.33. The Hall–Kier alpha value is -0.240. The first-order valence-corrected chi connectivity index (χ1v) is 4.33. The van der Waals surface area contributed by atoms with E-state index in [1.54, 1.807) is 0 Å². The Labute approximate surface area is 82.0 Å². The molecule has 0 aromatic rings. The van der Waals surface area contributed by atoms with Gasteiger partial charge in [0.2, 0.25) is 0 Å². The third-order valence-electron chi connectivity index (χ3n) is 2.26. The molecule has 0 bridgehead atoms. The highest BCUT2D eigenvalue weighted by Gasteiger charge is 2.43. The molecule has 1 fully saturated rings. The van der Waals surface area contributed by atoms with Gasteiger partial charge in [0, 0.05) is 14.2 Å². The van der Waals surface area contributed by atoms with E-state index in [9.17, 15) is 15.3 Å². The Morgan fingerprint density at radius 3 is 2.29 bits per heavy atom. The highest BCUT2D eigenvalue weighted by atomic mass is 16.7. The van der Waals surface area contributed by atoms with E-state index in [0.29, 0.717) is 0 Å². The van der Waals surface area contributed by atoms with Crippen molar-refractivity contribution in [3.05, 3.63) is 0 Å². The molecule has 0 unspecified atom stereocenters. The van der Waals surface area contributed by atoms with Crippen LogP contribution in [0, 0.1) is 0 Å². The number of hydrogen-bond acceptors (Lipinski definition) is 6. The Morgan fingerprint density at radius 1 is 1.14 bits per heavy atom. The zero-order chi connectivity index (χ0) is 10.7. The van der Waals surface area contributed by atoms with Crippen LogP contribution in [0.4, 0.5) is 0 Å². The van der Waals surface area contributed by atoms with E-state index in [1.807, 2.05) is 0 Å². The van der Waals surface area contributed by atoms with Crippen molar-refractivity contribution in [2.24, 2.45) is 0 Å². The van der Waals surface area contributed by atoms with Crippen LogP contribution < -0.4 is 0 Å². The summed E-state index contributed by atoms with van der Waals surface area (Å²) in [6.07, 6.45) is -5.22. The van der Waals surface area contributed by atoms with Crippen LogP contribution >= 0.6 is 0 Å². The summed E-state index contributed by atoms with van der Waals surface area (Å²) < 4.78 is 14.8. The Balaban J connectivity index is 2.66. The molecule has 6 heteroatoms. The van der Waals surface area contributed by atoms with Crippen molar-refractivity contribution >= 4 is 0 Å². The molecule has 0 aliphatic carbocycles. The van der Waals surface area contributed by atoms with Crippen LogP contribution in [0.5, 0.6) is 0 Å². The number of aliphatic hydroxyl groups excluding tert-OH is 3. The molecule has 6 nitrogen and oxygen atoms in total. The SMILES string of the molecule is COC[C@@H]1O[C@@H](O)[C@@H](O)[C@H](O)[C@H]1OC. The molecule has 1 saturated heterocycles. The minimum atomic E-state index is -1.41. The number of ether oxygens (including phenoxy) is 3. The molecule has 1 heterocycles. The molecule has 0 saturated carbocycles. The van der Waals surface area contributed by atoms with Crippen LogP contribution in [0.2, 0.25) is 0 Å². The highest BCUT2D eigenvalue weighted by Crippen LogP contribution is 2.21. The van der Waals surface area contributed by atoms with Gasteiger partial charge in [0.15, 0.2) is 6.29 Å². The second-order valence-corrected chi connectivity index (χ2v) is 3.20. The van der Waals surface area contributed by atoms with Crippen LogP contribution in [0.15, 0.2) is 0 Å². The van der Waals surface area contributed by atoms with Gasteiger partial charge in [-0.05, 0) is 0 Å². The summed E-state index contributed by atoms with van der Waals surface area (Å²) in [7, 11) is 2.87. The summed E-state index contributed by atoms with van der Waals surface area (Å²) in [5.41, 5.74) is 0. The van der Waals surface area contributed by atoms with Gasteiger partial charge >= 0.3 is 0 Å². The van der Waals surface area contributed by atoms with Gasteiger partial charge < -0.3 is 29.5 Å². The Kier molecular flexibility index (Phi) is 4.24. The van der Waals surface area contributed by atoms with Crippen LogP contribution in [0.3, 0.4) is 0 Å². The fourth-order valence-electron chi connectivity index (χ4n) is 1.51. The zero-order valence-electron chi connectivity index (χ0n) is 8.16. The van der Waals surface area contributed by atoms with E-state index in [1.165, 1.54) is 14.2 Å². The molecule has 1 aliphatic heterocycles. The summed E-state index contributed by atoms with van der Waals surface area (Å²) in [6.45, 7) is 0.180. The van der Waals surface area contributed by atoms with Crippen LogP contribution in [-0.4, -0.2) is 66.9 Å². The van der Waals surface area contributed by atoms with Crippen molar-refractivity contribution < 1.29 is 29.5 Å². The van der Waals surface area contributed by atoms with Crippen LogP contribution in [0.1, 0.15) is 0 Å². The molecular formula is C8H16O6. The van der Waals surface area contributed by atoms with E-state index in [-0.39, 0.29) is 6.61 Å². The van der Waals surface area contributed by atoms with Crippen LogP contribution in [-0.2, 0) is 14.2 Å². The topological polar surface area (TPSA) is 88.4 Å². The van der Waals surface area contributed by atoms with E-state index in [4.69, 9.17) is 14.2 Å². The second-order valence-electron chi connectivity index (χ2n) is 3.20. The molecule has 0 radical (unpaired) electrons. The lowest BCUT2D eigenvalue weighted by Gasteiger charge is -2.39. The Bertz CT molecular complexity index is 175. The van der Waals surface area contributed by atoms with Crippen molar-refractivity contribution in [2.45, 2.75) is 30.7 Å². The minimum absolute atomic E-state index is 0.180. The average molecular weight is 208 g/mol. The molecule has 1 rings (SSSR count). The predicted octanol–water partition coefficient (Wildman–Crippen LogP) is -1.91. The van der Waals surface area contributed by atoms with Gasteiger partial charge in [-0.1, -0.05) is 0 Å². The molecule has 0 amide bonds. The maximum atomic E-state index is 9.53. The summed E-state index contributed by atoms with van der Waals surface area (Å²) in [5, 5.41) is 28.0. The van der Waals surface area contributed by atoms with Crippen molar-refractivity contribution in [1.82, 2.24) is 0 Å². The minimum Gasteiger partial charge on any atom is -0.387 e. The standard InChI is InChI=1S/C8H16O6/c1-12-3-4-7(13-2)5(9)6(10)8(11)14-4/h4-11H,3H2,1-2H3/t4-,5-,6-,7-,8+/m0/s1. The number of aliphatic hydroxyl groups is 3. The lowest BCUT2D eigenvalue weighted by atomic mass is 9.99. The van der Waals surface area contributed by atoms with E-state index >= 15 is 0 Å². The molecule has 14 heavy (non-hydrogen) atoms. The van der Waals surface area contributed by atoms with Gasteiger partial charge in [0.1, 0.15) is 24.4 Å². The van der Waals surface area contributed by atoms with Crippen LogP contribution in [0.25, 0.3) is 0 Å². The third-order valence-corrected chi connectivity index (χ3v) is 2.26. The van der Waals surface area contributed by atoms with Gasteiger partial charge in [-0.15, -0.1) is 0 Å². The Morgan fingerprint density at radius 2 is 1.79 bits per heavy atom. The van der Waals surface area contributed by atoms with Crippen molar-refractivity contribution in [2.75, 3.05) is 20.8 Å². The van der Waals surface area contributed by atoms with Gasteiger partial charge in [0.05, 0.1) is 6.61 Å². The summed E-state index contributed by atoms with van der Waals surface area (Å²) in [4.78, 5) is 0. The molecule has 84 valence electrons. The molecular weight excluding hydrogens is 192 g/mol. The quantitative estimate of drug-likeness (QED) is 0.501. The predicted molar refractivity (Wildman–Crippen MR) is 45.6 cm³/mol. The average Bonchev–Trinajstić information content (AvgIpc) is 2.16. The molecule has 0 aromatic carbocycles. The van der Waals surface area contributed by atoms with Crippen molar-refractivity contribution in [3.8, 4) is 0 Å². The van der Waals surface area contributed by atoms with Crippen molar-refractivity contribution in [1.29, 1.82) is 0 Å². The first-order chi connectivity index (χ1) is 6.61. The van der Waals surface area contributed by atoms with Crippen molar-refractivity contribution in [3.63, 3.8) is 0 Å². The van der Waals surface area contributed by atoms with E-state index in [0.717, 1.165) is 0 Å². The molecule has 5 atom stereocenters. The maximum Gasteiger partial charge on any atom is 0.184 e. The summed E-state index contributed by atoms with van der Waals surface area (Å²) in [6, 6.07) is 0. The lowest BCUT2D eigenvalue weighted by molar-refractivity contribution is -0.291. The molecule has 0 aromatic heterocycles. The van der Waals surface area contributed by atoms with Gasteiger partial charge in [-0.3, -0.25) is 0 Å². The smallest absolute Gasteiger partial charge is 0.184 e. The lowest BCUT2D eigenvalue weighted by Crippen LogP contribution is -2.59. The largest absolute Gasteiger partial charge is 0.387 e. The molecule has 1 aliphatic rings. The number of methoxy groups -OCH3 is 2. The highest BCUT2D eigenvalue weighted by molar-refractivity contribution is 4.89. The van der Waals surface area contributed by atoms with Gasteiger partial charge in [-0.25, -0.2) is 0 Å².